The average Bonchev–Trinajstić information content (AvgIpc) is 2.50. The molecule has 0 rings (SSSR count). The molecule has 0 bridgehead atoms. The zero-order valence-corrected chi connectivity index (χ0v) is 17.1. The molecule has 0 fully saturated rings. The van der Waals surface area contributed by atoms with Gasteiger partial charge in [-0.3, -0.25) is 0 Å². The predicted molar refractivity (Wildman–Crippen MR) is 96.0 cm³/mol. The Bertz CT molecular complexity index is 438. The summed E-state index contributed by atoms with van der Waals surface area (Å²) in [5.41, 5.74) is 7.28. The maximum absolute atomic E-state index is 11.9. The van der Waals surface area contributed by atoms with Crippen LogP contribution in [-0.2, 0) is 18.6 Å². The van der Waals surface area contributed by atoms with E-state index in [-0.39, 0.29) is 37.1 Å². The van der Waals surface area contributed by atoms with Gasteiger partial charge in [0.05, 0.1) is 0 Å². The molecule has 1 radical (unpaired) electrons. The zero-order valence-electron chi connectivity index (χ0n) is 15.7. The zero-order chi connectivity index (χ0) is 18.4. The first-order chi connectivity index (χ1) is 10.6. The maximum Gasteiger partial charge on any atom is 0.269 e. The Balaban J connectivity index is -0.000000164. The van der Waals surface area contributed by atoms with E-state index in [4.69, 9.17) is 5.73 Å². The molecular formula is C18H31F4N2V-. The van der Waals surface area contributed by atoms with E-state index < -0.39 is 12.2 Å². The Morgan fingerprint density at radius 2 is 1.20 bits per heavy atom. The van der Waals surface area contributed by atoms with Crippen molar-refractivity contribution in [2.24, 2.45) is 5.73 Å². The monoisotopic (exact) mass is 402 g/mol. The summed E-state index contributed by atoms with van der Waals surface area (Å²) in [5.74, 6) is 0. The van der Waals surface area contributed by atoms with Gasteiger partial charge in [-0.25, -0.2) is 0 Å². The van der Waals surface area contributed by atoms with Crippen LogP contribution in [0.25, 0.3) is 0 Å². The molecule has 7 heteroatoms. The maximum atomic E-state index is 11.9. The van der Waals surface area contributed by atoms with Gasteiger partial charge >= 0.3 is 0 Å². The molecule has 0 unspecified atom stereocenters. The van der Waals surface area contributed by atoms with Crippen LogP contribution in [0.2, 0.25) is 0 Å². The van der Waals surface area contributed by atoms with Gasteiger partial charge in [0.15, 0.2) is 0 Å². The van der Waals surface area contributed by atoms with Gasteiger partial charge in [0.25, 0.3) is 12.2 Å². The summed E-state index contributed by atoms with van der Waals surface area (Å²) < 4.78 is 47.4. The molecule has 0 aliphatic carbocycles. The average molecular weight is 402 g/mol. The second-order valence-electron chi connectivity index (χ2n) is 5.32. The summed E-state index contributed by atoms with van der Waals surface area (Å²) in [6.07, 6.45) is -1.20. The van der Waals surface area contributed by atoms with E-state index in [9.17, 15) is 17.6 Å². The second-order valence-corrected chi connectivity index (χ2v) is 5.32. The fraction of sp³-hybridized carbons (Fsp3) is 0.500. The van der Waals surface area contributed by atoms with Crippen LogP contribution < -0.4 is 11.1 Å². The van der Waals surface area contributed by atoms with Crippen molar-refractivity contribution in [1.82, 2.24) is 5.32 Å². The van der Waals surface area contributed by atoms with Crippen LogP contribution in [0.4, 0.5) is 17.6 Å². The van der Waals surface area contributed by atoms with Crippen molar-refractivity contribution in [3.8, 4) is 0 Å². The summed E-state index contributed by atoms with van der Waals surface area (Å²) in [7, 11) is 1.81. The van der Waals surface area contributed by atoms with Crippen molar-refractivity contribution in [1.29, 1.82) is 0 Å². The van der Waals surface area contributed by atoms with E-state index in [1.165, 1.54) is 13.8 Å². The number of hydrogen-bond acceptors (Lipinski definition) is 2. The molecular weight excluding hydrogens is 371 g/mol. The summed E-state index contributed by atoms with van der Waals surface area (Å²) in [4.78, 5) is 0. The van der Waals surface area contributed by atoms with Crippen LogP contribution in [0.15, 0.2) is 47.6 Å². The molecule has 0 aliphatic heterocycles. The molecule has 0 spiro atoms. The van der Waals surface area contributed by atoms with Gasteiger partial charge < -0.3 is 18.5 Å². The summed E-state index contributed by atoms with van der Waals surface area (Å²) in [5, 5.41) is 2.92. The molecule has 147 valence electrons. The minimum Gasteiger partial charge on any atom is -0.358 e. The molecule has 0 saturated heterocycles. The molecule has 0 aromatic carbocycles. The Kier molecular flexibility index (Phi) is 24.9. The molecule has 0 saturated carbocycles. The van der Waals surface area contributed by atoms with Crippen molar-refractivity contribution >= 4 is 0 Å². The normalized spacial score (nSPS) is 8.80. The van der Waals surface area contributed by atoms with Crippen molar-refractivity contribution in [2.75, 3.05) is 20.1 Å². The van der Waals surface area contributed by atoms with Gasteiger partial charge in [0.1, 0.15) is 0 Å². The molecule has 0 aromatic heterocycles. The number of allylic oxidation sites excluding steroid dienone is 2. The molecule has 3 N–H and O–H groups in total. The minimum atomic E-state index is -1.59. The first-order valence-electron chi connectivity index (χ1n) is 7.35. The van der Waals surface area contributed by atoms with E-state index >= 15 is 0 Å². The molecule has 0 atom stereocenters. The SMILES string of the molecule is C=C(CCC(C)=C(F)F)CNC.C=C(CN)CCC(C)=C(F)F.[CH3-].[V]. The molecule has 0 aromatic rings. The van der Waals surface area contributed by atoms with Crippen molar-refractivity contribution < 1.29 is 36.1 Å². The van der Waals surface area contributed by atoms with Crippen molar-refractivity contribution in [2.45, 2.75) is 39.5 Å². The standard InChI is InChI=1S/C9H15F2N.C8H13F2N.CH3.V/c1-7(6-12-3)4-5-8(2)9(10)11;1-6(5-11)3-4-7(2)8(9)10;;/h12H,1,4-6H2,2-3H3;1,3-5,11H2,2H3;1H3;/q;;-1;. The van der Waals surface area contributed by atoms with Gasteiger partial charge in [0.2, 0.25) is 0 Å². The first kappa shape index (κ1) is 31.9. The van der Waals surface area contributed by atoms with Gasteiger partial charge in [-0.15, -0.1) is 0 Å². The topological polar surface area (TPSA) is 38.0 Å². The molecule has 0 amide bonds. The van der Waals surface area contributed by atoms with E-state index in [2.05, 4.69) is 18.5 Å². The number of rotatable bonds is 9. The molecule has 0 aliphatic rings. The number of hydrogen-bond donors (Lipinski definition) is 2. The van der Waals surface area contributed by atoms with Gasteiger partial charge in [-0.2, -0.15) is 17.6 Å². The van der Waals surface area contributed by atoms with Gasteiger partial charge in [0, 0.05) is 31.6 Å². The third kappa shape index (κ3) is 21.1. The smallest absolute Gasteiger partial charge is 0.269 e. The third-order valence-electron chi connectivity index (χ3n) is 3.07. The van der Waals surface area contributed by atoms with Gasteiger partial charge in [-0.1, -0.05) is 24.3 Å². The van der Waals surface area contributed by atoms with Crippen LogP contribution in [0.1, 0.15) is 39.5 Å². The number of nitrogens with two attached hydrogens (primary N) is 1. The fourth-order valence-electron chi connectivity index (χ4n) is 1.36. The van der Waals surface area contributed by atoms with Crippen molar-refractivity contribution in [3.05, 3.63) is 55.0 Å². The van der Waals surface area contributed by atoms with E-state index in [1.54, 1.807) is 0 Å². The Labute approximate surface area is 162 Å². The van der Waals surface area contributed by atoms with Crippen LogP contribution in [0.3, 0.4) is 0 Å². The Morgan fingerprint density at radius 1 is 0.840 bits per heavy atom. The van der Waals surface area contributed by atoms with Gasteiger partial charge in [-0.05, 0) is 57.7 Å². The summed E-state index contributed by atoms with van der Waals surface area (Å²) in [6.45, 7) is 11.3. The molecule has 2 nitrogen and oxygen atoms in total. The van der Waals surface area contributed by atoms with Crippen LogP contribution >= 0.6 is 0 Å². The molecule has 0 heterocycles. The van der Waals surface area contributed by atoms with Crippen molar-refractivity contribution in [3.63, 3.8) is 0 Å². The fourth-order valence-corrected chi connectivity index (χ4v) is 1.36. The Morgan fingerprint density at radius 3 is 1.48 bits per heavy atom. The second kappa shape index (κ2) is 19.5. The number of likely N-dealkylation sites (N-methyl/N-ethyl adjacent to an activating group) is 1. The minimum absolute atomic E-state index is 0. The third-order valence-corrected chi connectivity index (χ3v) is 3.07. The van der Waals surface area contributed by atoms with Crippen LogP contribution in [0, 0.1) is 7.43 Å². The summed E-state index contributed by atoms with van der Waals surface area (Å²) >= 11 is 0. The van der Waals surface area contributed by atoms with Crippen LogP contribution in [-0.4, -0.2) is 20.1 Å². The van der Waals surface area contributed by atoms with E-state index in [0.717, 1.165) is 11.1 Å². The molecule has 25 heavy (non-hydrogen) atoms. The Hall–Kier alpha value is -0.816. The number of halogens is 4. The van der Waals surface area contributed by atoms with E-state index in [0.29, 0.717) is 38.8 Å². The number of nitrogens with one attached hydrogen (secondary N) is 1. The predicted octanol–water partition coefficient (Wildman–Crippen LogP) is 5.61. The summed E-state index contributed by atoms with van der Waals surface area (Å²) in [6, 6.07) is 0. The first-order valence-corrected chi connectivity index (χ1v) is 7.35. The quantitative estimate of drug-likeness (QED) is 0.299. The van der Waals surface area contributed by atoms with E-state index in [1.807, 2.05) is 7.05 Å². The largest absolute Gasteiger partial charge is 0.358 e. The van der Waals surface area contributed by atoms with Crippen LogP contribution in [0.5, 0.6) is 0 Å².